The van der Waals surface area contributed by atoms with E-state index in [1.807, 2.05) is 42.5 Å². The van der Waals surface area contributed by atoms with Crippen LogP contribution in [0.2, 0.25) is 0 Å². The Morgan fingerprint density at radius 3 is 2.33 bits per heavy atom. The molecule has 1 N–H and O–H groups in total. The van der Waals surface area contributed by atoms with E-state index in [1.54, 1.807) is 15.9 Å². The topological polar surface area (TPSA) is 80.1 Å². The van der Waals surface area contributed by atoms with Crippen LogP contribution in [-0.4, -0.2) is 43.8 Å². The second-order valence-electron chi connectivity index (χ2n) is 9.50. The average Bonchev–Trinajstić information content (AvgIpc) is 3.46. The summed E-state index contributed by atoms with van der Waals surface area (Å²) in [6, 6.07) is 16.9. The predicted molar refractivity (Wildman–Crippen MR) is 124 cm³/mol. The van der Waals surface area contributed by atoms with Crippen LogP contribution in [-0.2, 0) is 29.0 Å². The number of amides is 2. The van der Waals surface area contributed by atoms with Crippen molar-refractivity contribution < 1.29 is 9.59 Å². The highest BCUT2D eigenvalue weighted by Crippen LogP contribution is 2.32. The van der Waals surface area contributed by atoms with Crippen molar-refractivity contribution in [2.45, 2.75) is 51.7 Å². The standard InChI is InChI=1S/C26H29N5O2/c1-17(2)12-23-25(32)28-24(20-13-18-8-6-7-9-19(18)14-20)26(33)30(23)16-21-15-27-31(29-21)22-10-4-3-5-11-22/h3-11,15,17,20,23-24H,12-14,16H2,1-2H3,(H,28,32)/t23-,24-/m1/s1. The molecule has 2 aromatic carbocycles. The SMILES string of the molecule is CC(C)C[C@@H]1C(=O)N[C@H](C2Cc3ccccc3C2)C(=O)N1Cc1cnn(-c2ccccc2)n1. The van der Waals surface area contributed by atoms with Crippen LogP contribution in [0.5, 0.6) is 0 Å². The molecule has 1 aliphatic carbocycles. The lowest BCUT2D eigenvalue weighted by atomic mass is 9.90. The largest absolute Gasteiger partial charge is 0.342 e. The Bertz CT molecular complexity index is 1130. The van der Waals surface area contributed by atoms with Crippen LogP contribution in [0, 0.1) is 11.8 Å². The first-order chi connectivity index (χ1) is 16.0. The van der Waals surface area contributed by atoms with E-state index in [0.29, 0.717) is 12.1 Å². The van der Waals surface area contributed by atoms with Gasteiger partial charge in [-0.05, 0) is 54.4 Å². The summed E-state index contributed by atoms with van der Waals surface area (Å²) in [6.07, 6.45) is 3.90. The molecule has 0 spiro atoms. The highest BCUT2D eigenvalue weighted by molar-refractivity contribution is 5.97. The van der Waals surface area contributed by atoms with E-state index in [4.69, 9.17) is 0 Å². The van der Waals surface area contributed by atoms with E-state index in [9.17, 15) is 9.59 Å². The van der Waals surface area contributed by atoms with Crippen molar-refractivity contribution >= 4 is 11.8 Å². The van der Waals surface area contributed by atoms with Crippen molar-refractivity contribution in [2.75, 3.05) is 0 Å². The van der Waals surface area contributed by atoms with Gasteiger partial charge in [0, 0.05) is 0 Å². The first-order valence-corrected chi connectivity index (χ1v) is 11.6. The van der Waals surface area contributed by atoms with Crippen LogP contribution in [0.15, 0.2) is 60.8 Å². The Hall–Kier alpha value is -3.48. The Morgan fingerprint density at radius 2 is 1.67 bits per heavy atom. The van der Waals surface area contributed by atoms with Gasteiger partial charge in [0.2, 0.25) is 11.8 Å². The summed E-state index contributed by atoms with van der Waals surface area (Å²) in [5, 5.41) is 12.0. The summed E-state index contributed by atoms with van der Waals surface area (Å²) < 4.78 is 0. The van der Waals surface area contributed by atoms with Crippen molar-refractivity contribution in [3.8, 4) is 5.69 Å². The molecule has 2 heterocycles. The average molecular weight is 444 g/mol. The molecule has 1 aromatic heterocycles. The normalized spacial score (nSPS) is 20.9. The molecule has 7 nitrogen and oxygen atoms in total. The Labute approximate surface area is 193 Å². The van der Waals surface area contributed by atoms with E-state index in [2.05, 4.69) is 41.5 Å². The van der Waals surface area contributed by atoms with Gasteiger partial charge in [0.25, 0.3) is 0 Å². The van der Waals surface area contributed by atoms with Gasteiger partial charge in [-0.2, -0.15) is 15.0 Å². The maximum atomic E-state index is 13.7. The molecule has 170 valence electrons. The van der Waals surface area contributed by atoms with Gasteiger partial charge >= 0.3 is 0 Å². The number of aromatic nitrogens is 3. The number of fused-ring (bicyclic) bond motifs is 1. The lowest BCUT2D eigenvalue weighted by Gasteiger charge is -2.41. The minimum Gasteiger partial charge on any atom is -0.342 e. The monoisotopic (exact) mass is 443 g/mol. The maximum absolute atomic E-state index is 13.7. The molecule has 2 atom stereocenters. The van der Waals surface area contributed by atoms with E-state index in [1.165, 1.54) is 11.1 Å². The third kappa shape index (κ3) is 4.27. The first kappa shape index (κ1) is 21.4. The lowest BCUT2D eigenvalue weighted by molar-refractivity contribution is -0.152. The van der Waals surface area contributed by atoms with Gasteiger partial charge in [-0.1, -0.05) is 56.3 Å². The number of hydrogen-bond acceptors (Lipinski definition) is 4. The fourth-order valence-electron chi connectivity index (χ4n) is 5.03. The van der Waals surface area contributed by atoms with Crippen molar-refractivity contribution in [3.63, 3.8) is 0 Å². The number of nitrogens with zero attached hydrogens (tertiary/aromatic N) is 4. The zero-order valence-electron chi connectivity index (χ0n) is 19.0. The molecule has 1 aliphatic heterocycles. The second-order valence-corrected chi connectivity index (χ2v) is 9.50. The molecule has 2 aliphatic rings. The third-order valence-corrected chi connectivity index (χ3v) is 6.63. The fourth-order valence-corrected chi connectivity index (χ4v) is 5.03. The Kier molecular flexibility index (Phi) is 5.70. The van der Waals surface area contributed by atoms with Gasteiger partial charge in [0.1, 0.15) is 17.8 Å². The van der Waals surface area contributed by atoms with Gasteiger partial charge in [0.05, 0.1) is 18.4 Å². The molecule has 0 bridgehead atoms. The van der Waals surface area contributed by atoms with Crippen molar-refractivity contribution in [1.82, 2.24) is 25.2 Å². The summed E-state index contributed by atoms with van der Waals surface area (Å²) in [5.41, 5.74) is 4.06. The molecular formula is C26H29N5O2. The highest BCUT2D eigenvalue weighted by Gasteiger charge is 2.45. The van der Waals surface area contributed by atoms with E-state index < -0.39 is 12.1 Å². The second kappa shape index (κ2) is 8.81. The fraction of sp³-hybridized carbons (Fsp3) is 0.385. The van der Waals surface area contributed by atoms with E-state index >= 15 is 0 Å². The van der Waals surface area contributed by atoms with Crippen LogP contribution in [0.4, 0.5) is 0 Å². The summed E-state index contributed by atoms with van der Waals surface area (Å²) in [7, 11) is 0. The highest BCUT2D eigenvalue weighted by atomic mass is 16.2. The number of rotatable bonds is 6. The number of carbonyl (C=O) groups is 2. The van der Waals surface area contributed by atoms with Crippen molar-refractivity contribution in [1.29, 1.82) is 0 Å². The summed E-state index contributed by atoms with van der Waals surface area (Å²) in [4.78, 5) is 30.2. The smallest absolute Gasteiger partial charge is 0.246 e. The molecule has 1 fully saturated rings. The molecule has 5 rings (SSSR count). The van der Waals surface area contributed by atoms with Crippen LogP contribution in [0.25, 0.3) is 5.69 Å². The first-order valence-electron chi connectivity index (χ1n) is 11.6. The van der Waals surface area contributed by atoms with Gasteiger partial charge < -0.3 is 10.2 Å². The number of benzene rings is 2. The van der Waals surface area contributed by atoms with Crippen LogP contribution in [0.1, 0.15) is 37.1 Å². The number of para-hydroxylation sites is 1. The van der Waals surface area contributed by atoms with Crippen LogP contribution in [0.3, 0.4) is 0 Å². The maximum Gasteiger partial charge on any atom is 0.246 e. The summed E-state index contributed by atoms with van der Waals surface area (Å²) in [6.45, 7) is 4.41. The molecule has 0 saturated carbocycles. The van der Waals surface area contributed by atoms with E-state index in [-0.39, 0.29) is 30.2 Å². The number of carbonyl (C=O) groups excluding carboxylic acids is 2. The zero-order chi connectivity index (χ0) is 22.9. The quantitative estimate of drug-likeness (QED) is 0.635. The molecule has 2 amide bonds. The van der Waals surface area contributed by atoms with Crippen molar-refractivity contribution in [3.05, 3.63) is 77.6 Å². The van der Waals surface area contributed by atoms with Gasteiger partial charge in [0.15, 0.2) is 0 Å². The van der Waals surface area contributed by atoms with Gasteiger partial charge in [-0.25, -0.2) is 0 Å². The minimum absolute atomic E-state index is 0.0210. The van der Waals surface area contributed by atoms with Crippen LogP contribution < -0.4 is 5.32 Å². The molecule has 33 heavy (non-hydrogen) atoms. The lowest BCUT2D eigenvalue weighted by Crippen LogP contribution is -2.65. The number of piperazine rings is 1. The summed E-state index contributed by atoms with van der Waals surface area (Å²) in [5.74, 6) is 0.261. The molecule has 7 heteroatoms. The number of nitrogens with one attached hydrogen (secondary N) is 1. The van der Waals surface area contributed by atoms with Crippen molar-refractivity contribution in [2.24, 2.45) is 11.8 Å². The Morgan fingerprint density at radius 1 is 1.00 bits per heavy atom. The predicted octanol–water partition coefficient (Wildman–Crippen LogP) is 2.92. The molecule has 1 saturated heterocycles. The van der Waals surface area contributed by atoms with Gasteiger partial charge in [-0.3, -0.25) is 9.59 Å². The number of hydrogen-bond donors (Lipinski definition) is 1. The zero-order valence-corrected chi connectivity index (χ0v) is 19.0. The van der Waals surface area contributed by atoms with Crippen LogP contribution >= 0.6 is 0 Å². The third-order valence-electron chi connectivity index (χ3n) is 6.63. The Balaban J connectivity index is 1.39. The molecule has 0 unspecified atom stereocenters. The molecule has 3 aromatic rings. The van der Waals surface area contributed by atoms with E-state index in [0.717, 1.165) is 18.5 Å². The molecule has 0 radical (unpaired) electrons. The minimum atomic E-state index is -0.516. The summed E-state index contributed by atoms with van der Waals surface area (Å²) >= 11 is 0. The molecular weight excluding hydrogens is 414 g/mol. The van der Waals surface area contributed by atoms with Gasteiger partial charge in [-0.15, -0.1) is 0 Å².